The molecule has 1 aromatic heterocycles. The van der Waals surface area contributed by atoms with Crippen LogP contribution in [0, 0.1) is 0 Å². The molecule has 0 spiro atoms. The molecule has 1 heterocycles. The molecule has 0 aliphatic rings. The molecule has 0 amide bonds. The van der Waals surface area contributed by atoms with E-state index < -0.39 is 11.2 Å². The lowest BCUT2D eigenvalue weighted by Gasteiger charge is -2.12. The number of hydrogen-bond donors (Lipinski definition) is 1. The summed E-state index contributed by atoms with van der Waals surface area (Å²) in [5.41, 5.74) is -0.537. The van der Waals surface area contributed by atoms with E-state index in [0.29, 0.717) is 10.6 Å². The van der Waals surface area contributed by atoms with E-state index >= 15 is 0 Å². The summed E-state index contributed by atoms with van der Waals surface area (Å²) in [4.78, 5) is 26.9. The van der Waals surface area contributed by atoms with Crippen molar-refractivity contribution in [2.45, 2.75) is 19.8 Å². The Bertz CT molecular complexity index is 778. The number of benzene rings is 1. The first-order valence-electron chi connectivity index (χ1n) is 5.83. The van der Waals surface area contributed by atoms with E-state index in [1.807, 2.05) is 13.8 Å². The van der Waals surface area contributed by atoms with Gasteiger partial charge in [-0.25, -0.2) is 9.36 Å². The molecule has 7 heteroatoms. The molecule has 0 bridgehead atoms. The molecule has 2 rings (SSSR count). The van der Waals surface area contributed by atoms with Crippen LogP contribution < -0.4 is 11.2 Å². The maximum atomic E-state index is 12.5. The minimum atomic E-state index is -0.645. The van der Waals surface area contributed by atoms with E-state index in [1.54, 1.807) is 6.07 Å². The third-order valence-corrected chi connectivity index (χ3v) is 3.65. The molecule has 0 saturated heterocycles. The van der Waals surface area contributed by atoms with Crippen molar-refractivity contribution in [1.29, 1.82) is 0 Å². The second-order valence-corrected chi connectivity index (χ2v) is 5.77. The van der Waals surface area contributed by atoms with Crippen LogP contribution in [-0.4, -0.2) is 9.55 Å². The molecule has 0 saturated carbocycles. The standard InChI is InChI=1S/C13H11Cl3N2O2/c1-6(2)10-11(16)17-13(20)18(12(10)19)9-4-3-7(14)5-8(9)15/h3-6H,1-2H3,(H,17,20). The van der Waals surface area contributed by atoms with E-state index in [-0.39, 0.29) is 21.8 Å². The van der Waals surface area contributed by atoms with Crippen LogP contribution in [0.5, 0.6) is 0 Å². The zero-order valence-corrected chi connectivity index (χ0v) is 13.0. The van der Waals surface area contributed by atoms with Gasteiger partial charge in [0.15, 0.2) is 0 Å². The van der Waals surface area contributed by atoms with Crippen molar-refractivity contribution in [2.75, 3.05) is 0 Å². The van der Waals surface area contributed by atoms with Crippen molar-refractivity contribution in [3.63, 3.8) is 0 Å². The summed E-state index contributed by atoms with van der Waals surface area (Å²) in [7, 11) is 0. The van der Waals surface area contributed by atoms with Crippen LogP contribution >= 0.6 is 34.8 Å². The Balaban J connectivity index is 2.85. The lowest BCUT2D eigenvalue weighted by atomic mass is 10.1. The van der Waals surface area contributed by atoms with Gasteiger partial charge in [0, 0.05) is 5.02 Å². The Labute approximate surface area is 129 Å². The first kappa shape index (κ1) is 15.2. The van der Waals surface area contributed by atoms with Gasteiger partial charge in [-0.05, 0) is 24.1 Å². The Morgan fingerprint density at radius 2 is 1.80 bits per heavy atom. The first-order chi connectivity index (χ1) is 9.32. The molecule has 0 atom stereocenters. The molecule has 0 aliphatic carbocycles. The fraction of sp³-hybridized carbons (Fsp3) is 0.231. The normalized spacial score (nSPS) is 11.1. The molecule has 2 aromatic rings. The molecule has 1 aromatic carbocycles. The van der Waals surface area contributed by atoms with E-state index in [4.69, 9.17) is 34.8 Å². The Morgan fingerprint density at radius 3 is 2.35 bits per heavy atom. The van der Waals surface area contributed by atoms with Crippen molar-refractivity contribution in [3.05, 3.63) is 59.8 Å². The average molecular weight is 334 g/mol. The van der Waals surface area contributed by atoms with E-state index in [9.17, 15) is 9.59 Å². The summed E-state index contributed by atoms with van der Waals surface area (Å²) in [6.07, 6.45) is 0. The van der Waals surface area contributed by atoms with Gasteiger partial charge >= 0.3 is 5.69 Å². The number of hydrogen-bond acceptors (Lipinski definition) is 2. The number of rotatable bonds is 2. The summed E-state index contributed by atoms with van der Waals surface area (Å²) >= 11 is 17.8. The van der Waals surface area contributed by atoms with Crippen LogP contribution in [0.25, 0.3) is 5.69 Å². The van der Waals surface area contributed by atoms with Crippen LogP contribution in [-0.2, 0) is 0 Å². The highest BCUT2D eigenvalue weighted by Gasteiger charge is 2.18. The van der Waals surface area contributed by atoms with Crippen molar-refractivity contribution < 1.29 is 0 Å². The zero-order valence-electron chi connectivity index (χ0n) is 10.7. The highest BCUT2D eigenvalue weighted by Crippen LogP contribution is 2.23. The third-order valence-electron chi connectivity index (χ3n) is 2.82. The van der Waals surface area contributed by atoms with Crippen LogP contribution in [0.1, 0.15) is 25.3 Å². The predicted octanol–water partition coefficient (Wildman–Crippen LogP) is 3.61. The molecule has 0 radical (unpaired) electrons. The summed E-state index contributed by atoms with van der Waals surface area (Å²) in [5, 5.41) is 0.680. The van der Waals surface area contributed by atoms with Gasteiger partial charge in [0.05, 0.1) is 16.3 Å². The van der Waals surface area contributed by atoms with Gasteiger partial charge in [0.25, 0.3) is 5.56 Å². The fourth-order valence-corrected chi connectivity index (χ4v) is 2.78. The van der Waals surface area contributed by atoms with E-state index in [1.165, 1.54) is 12.1 Å². The number of H-pyrrole nitrogens is 1. The number of halogens is 3. The first-order valence-corrected chi connectivity index (χ1v) is 6.96. The maximum absolute atomic E-state index is 12.5. The van der Waals surface area contributed by atoms with E-state index in [0.717, 1.165) is 4.57 Å². The van der Waals surface area contributed by atoms with Gasteiger partial charge in [0.1, 0.15) is 5.15 Å². The molecule has 0 unspecified atom stereocenters. The van der Waals surface area contributed by atoms with Crippen molar-refractivity contribution in [2.24, 2.45) is 0 Å². The summed E-state index contributed by atoms with van der Waals surface area (Å²) < 4.78 is 0.958. The molecule has 20 heavy (non-hydrogen) atoms. The van der Waals surface area contributed by atoms with Crippen molar-refractivity contribution >= 4 is 34.8 Å². The Kier molecular flexibility index (Phi) is 4.28. The second kappa shape index (κ2) is 5.64. The van der Waals surface area contributed by atoms with Gasteiger partial charge < -0.3 is 0 Å². The minimum Gasteiger partial charge on any atom is -0.297 e. The summed E-state index contributed by atoms with van der Waals surface area (Å²) in [6, 6.07) is 4.53. The van der Waals surface area contributed by atoms with Crippen LogP contribution in [0.4, 0.5) is 0 Å². The topological polar surface area (TPSA) is 54.9 Å². The molecule has 0 aliphatic heterocycles. The smallest absolute Gasteiger partial charge is 0.297 e. The molecule has 4 nitrogen and oxygen atoms in total. The lowest BCUT2D eigenvalue weighted by Crippen LogP contribution is -2.36. The molecule has 0 fully saturated rings. The highest BCUT2D eigenvalue weighted by molar-refractivity contribution is 6.35. The summed E-state index contributed by atoms with van der Waals surface area (Å²) in [5.74, 6) is -0.135. The maximum Gasteiger partial charge on any atom is 0.334 e. The van der Waals surface area contributed by atoms with Crippen LogP contribution in [0.15, 0.2) is 27.8 Å². The number of nitrogens with one attached hydrogen (secondary N) is 1. The van der Waals surface area contributed by atoms with Crippen molar-refractivity contribution in [1.82, 2.24) is 9.55 Å². The SMILES string of the molecule is CC(C)c1c(Cl)[nH]c(=O)n(-c2ccc(Cl)cc2Cl)c1=O. The number of aromatic amines is 1. The number of nitrogens with zero attached hydrogens (tertiary/aromatic N) is 1. The van der Waals surface area contributed by atoms with Gasteiger partial charge in [0.2, 0.25) is 0 Å². The van der Waals surface area contributed by atoms with Crippen molar-refractivity contribution in [3.8, 4) is 5.69 Å². The largest absolute Gasteiger partial charge is 0.334 e. The molecular weight excluding hydrogens is 323 g/mol. The Hall–Kier alpha value is -1.23. The van der Waals surface area contributed by atoms with Gasteiger partial charge in [-0.1, -0.05) is 48.7 Å². The highest BCUT2D eigenvalue weighted by atomic mass is 35.5. The fourth-order valence-electron chi connectivity index (χ4n) is 1.91. The lowest BCUT2D eigenvalue weighted by molar-refractivity contribution is 0.777. The quantitative estimate of drug-likeness (QED) is 0.854. The van der Waals surface area contributed by atoms with Gasteiger partial charge in [-0.2, -0.15) is 0 Å². The number of aromatic nitrogens is 2. The molecule has 106 valence electrons. The van der Waals surface area contributed by atoms with Gasteiger partial charge in [-0.15, -0.1) is 0 Å². The third kappa shape index (κ3) is 2.64. The van der Waals surface area contributed by atoms with Gasteiger partial charge in [-0.3, -0.25) is 9.78 Å². The molecular formula is C13H11Cl3N2O2. The predicted molar refractivity (Wildman–Crippen MR) is 81.8 cm³/mol. The molecule has 1 N–H and O–H groups in total. The van der Waals surface area contributed by atoms with Crippen LogP contribution in [0.2, 0.25) is 15.2 Å². The second-order valence-electron chi connectivity index (χ2n) is 4.55. The monoisotopic (exact) mass is 332 g/mol. The Morgan fingerprint density at radius 1 is 1.15 bits per heavy atom. The minimum absolute atomic E-state index is 0.0522. The van der Waals surface area contributed by atoms with Crippen LogP contribution in [0.3, 0.4) is 0 Å². The summed E-state index contributed by atoms with van der Waals surface area (Å²) in [6.45, 7) is 3.63. The zero-order chi connectivity index (χ0) is 15.0. The average Bonchev–Trinajstić information content (AvgIpc) is 2.30. The van der Waals surface area contributed by atoms with E-state index in [2.05, 4.69) is 4.98 Å².